The van der Waals surface area contributed by atoms with E-state index in [9.17, 15) is 8.42 Å². The van der Waals surface area contributed by atoms with Gasteiger partial charge in [-0.25, -0.2) is 0 Å². The van der Waals surface area contributed by atoms with E-state index in [1.807, 2.05) is 31.2 Å². The Morgan fingerprint density at radius 2 is 1.82 bits per heavy atom. The molecule has 0 N–H and O–H groups in total. The summed E-state index contributed by atoms with van der Waals surface area (Å²) in [6.07, 6.45) is 0.495. The van der Waals surface area contributed by atoms with Crippen LogP contribution in [0.15, 0.2) is 42.5 Å². The molecule has 0 spiro atoms. The molecule has 1 heterocycles. The molecular weight excluding hydrogens is 302 g/mol. The fraction of sp³-hybridized carbons (Fsp3) is 0.250. The summed E-state index contributed by atoms with van der Waals surface area (Å²) in [5.41, 5.74) is 2.06. The van der Waals surface area contributed by atoms with Gasteiger partial charge in [-0.2, -0.15) is 13.5 Å². The van der Waals surface area contributed by atoms with Crippen molar-refractivity contribution in [1.29, 1.82) is 0 Å². The number of para-hydroxylation sites is 3. The Kier molecular flexibility index (Phi) is 3.80. The van der Waals surface area contributed by atoms with E-state index in [0.717, 1.165) is 5.56 Å². The standard InChI is InChI=1S/C16H17NO4S/c1-3-11-22(18,19)21-17-13-8-4-5-10-15(13)20-16-12(2)7-6-9-14(16)17/h4-10H,3,11H2,1-2H3. The molecule has 0 fully saturated rings. The van der Waals surface area contributed by atoms with Gasteiger partial charge in [0.2, 0.25) is 0 Å². The molecule has 0 unspecified atom stereocenters. The SMILES string of the molecule is CCCS(=O)(=O)ON1c2ccccc2Oc2c(C)cccc21. The molecule has 22 heavy (non-hydrogen) atoms. The van der Waals surface area contributed by atoms with E-state index >= 15 is 0 Å². The van der Waals surface area contributed by atoms with E-state index in [1.54, 1.807) is 25.1 Å². The van der Waals surface area contributed by atoms with Gasteiger partial charge in [0.25, 0.3) is 10.1 Å². The first-order chi connectivity index (χ1) is 10.5. The molecule has 0 radical (unpaired) electrons. The molecule has 0 saturated carbocycles. The highest BCUT2D eigenvalue weighted by Crippen LogP contribution is 2.48. The van der Waals surface area contributed by atoms with Crippen LogP contribution in [0.5, 0.6) is 11.5 Å². The predicted molar refractivity (Wildman–Crippen MR) is 85.0 cm³/mol. The number of fused-ring (bicyclic) bond motifs is 2. The predicted octanol–water partition coefficient (Wildman–Crippen LogP) is 3.91. The average molecular weight is 319 g/mol. The largest absolute Gasteiger partial charge is 0.453 e. The molecule has 5 nitrogen and oxygen atoms in total. The van der Waals surface area contributed by atoms with Crippen LogP contribution in [0, 0.1) is 6.92 Å². The van der Waals surface area contributed by atoms with Crippen molar-refractivity contribution in [1.82, 2.24) is 0 Å². The Hall–Kier alpha value is -2.05. The van der Waals surface area contributed by atoms with Gasteiger partial charge in [-0.15, -0.1) is 4.28 Å². The van der Waals surface area contributed by atoms with Crippen molar-refractivity contribution in [2.75, 3.05) is 10.8 Å². The molecule has 0 aliphatic carbocycles. The van der Waals surface area contributed by atoms with Crippen molar-refractivity contribution in [2.24, 2.45) is 0 Å². The minimum atomic E-state index is -3.66. The molecule has 2 aromatic rings. The fourth-order valence-corrected chi connectivity index (χ4v) is 3.32. The molecule has 0 atom stereocenters. The summed E-state index contributed by atoms with van der Waals surface area (Å²) < 4.78 is 35.4. The van der Waals surface area contributed by atoms with Crippen molar-refractivity contribution < 1.29 is 17.4 Å². The highest BCUT2D eigenvalue weighted by molar-refractivity contribution is 7.86. The van der Waals surface area contributed by atoms with Gasteiger partial charge in [-0.05, 0) is 37.1 Å². The van der Waals surface area contributed by atoms with Crippen molar-refractivity contribution >= 4 is 21.5 Å². The maximum atomic E-state index is 12.1. The van der Waals surface area contributed by atoms with Crippen molar-refractivity contribution in [2.45, 2.75) is 20.3 Å². The van der Waals surface area contributed by atoms with Crippen LogP contribution in [-0.2, 0) is 14.4 Å². The van der Waals surface area contributed by atoms with E-state index in [1.165, 1.54) is 5.06 Å². The smallest absolute Gasteiger partial charge is 0.288 e. The van der Waals surface area contributed by atoms with E-state index in [0.29, 0.717) is 29.3 Å². The highest BCUT2D eigenvalue weighted by Gasteiger charge is 2.29. The summed E-state index contributed by atoms with van der Waals surface area (Å²) in [6, 6.07) is 12.7. The van der Waals surface area contributed by atoms with Crippen molar-refractivity contribution in [3.8, 4) is 11.5 Å². The third kappa shape index (κ3) is 2.67. The van der Waals surface area contributed by atoms with Crippen LogP contribution < -0.4 is 9.80 Å². The first-order valence-electron chi connectivity index (χ1n) is 7.11. The van der Waals surface area contributed by atoms with Crippen LogP contribution in [0.4, 0.5) is 11.4 Å². The van der Waals surface area contributed by atoms with Crippen LogP contribution in [0.25, 0.3) is 0 Å². The highest BCUT2D eigenvalue weighted by atomic mass is 32.2. The number of aryl methyl sites for hydroxylation is 1. The van der Waals surface area contributed by atoms with Crippen LogP contribution in [0.3, 0.4) is 0 Å². The fourth-order valence-electron chi connectivity index (χ4n) is 2.36. The Morgan fingerprint density at radius 1 is 1.09 bits per heavy atom. The normalized spacial score (nSPS) is 13.3. The molecule has 116 valence electrons. The molecule has 1 aliphatic heterocycles. The van der Waals surface area contributed by atoms with Crippen LogP contribution in [0.2, 0.25) is 0 Å². The lowest BCUT2D eigenvalue weighted by atomic mass is 10.1. The second kappa shape index (κ2) is 5.62. The molecule has 1 aliphatic rings. The van der Waals surface area contributed by atoms with Crippen LogP contribution in [0.1, 0.15) is 18.9 Å². The number of anilines is 2. The summed E-state index contributed by atoms with van der Waals surface area (Å²) in [5, 5.41) is 1.34. The molecule has 0 saturated heterocycles. The molecule has 0 aromatic heterocycles. The second-order valence-corrected chi connectivity index (χ2v) is 6.80. The average Bonchev–Trinajstić information content (AvgIpc) is 2.48. The van der Waals surface area contributed by atoms with Gasteiger partial charge < -0.3 is 4.74 Å². The second-order valence-electron chi connectivity index (χ2n) is 5.12. The van der Waals surface area contributed by atoms with E-state index in [4.69, 9.17) is 9.02 Å². The number of nitrogens with zero attached hydrogens (tertiary/aromatic N) is 1. The zero-order chi connectivity index (χ0) is 15.7. The monoisotopic (exact) mass is 319 g/mol. The van der Waals surface area contributed by atoms with Gasteiger partial charge in [0.1, 0.15) is 11.4 Å². The quantitative estimate of drug-likeness (QED) is 0.855. The van der Waals surface area contributed by atoms with E-state index in [2.05, 4.69) is 0 Å². The van der Waals surface area contributed by atoms with E-state index < -0.39 is 10.1 Å². The number of ether oxygens (including phenoxy) is 1. The summed E-state index contributed by atoms with van der Waals surface area (Å²) in [6.45, 7) is 3.71. The molecular formula is C16H17NO4S. The molecule has 6 heteroatoms. The number of rotatable bonds is 4. The summed E-state index contributed by atoms with van der Waals surface area (Å²) in [5.74, 6) is 1.14. The van der Waals surface area contributed by atoms with Crippen molar-refractivity contribution in [3.05, 3.63) is 48.0 Å². The lowest BCUT2D eigenvalue weighted by Crippen LogP contribution is -2.27. The van der Waals surface area contributed by atoms with Gasteiger partial charge in [-0.3, -0.25) is 0 Å². The lowest BCUT2D eigenvalue weighted by molar-refractivity contribution is 0.308. The third-order valence-electron chi connectivity index (χ3n) is 3.35. The van der Waals surface area contributed by atoms with Gasteiger partial charge in [-0.1, -0.05) is 31.2 Å². The lowest BCUT2D eigenvalue weighted by Gasteiger charge is -2.31. The number of hydrogen-bond donors (Lipinski definition) is 0. The van der Waals surface area contributed by atoms with Gasteiger partial charge >= 0.3 is 0 Å². The van der Waals surface area contributed by atoms with Gasteiger partial charge in [0, 0.05) is 0 Å². The Balaban J connectivity index is 2.11. The third-order valence-corrected chi connectivity index (χ3v) is 4.63. The van der Waals surface area contributed by atoms with Crippen molar-refractivity contribution in [3.63, 3.8) is 0 Å². The molecule has 0 amide bonds. The summed E-state index contributed by atoms with van der Waals surface area (Å²) >= 11 is 0. The van der Waals surface area contributed by atoms with E-state index in [-0.39, 0.29) is 5.75 Å². The first-order valence-corrected chi connectivity index (χ1v) is 8.68. The summed E-state index contributed by atoms with van der Waals surface area (Å²) in [7, 11) is -3.66. The Morgan fingerprint density at radius 3 is 2.59 bits per heavy atom. The minimum absolute atomic E-state index is 0.0341. The zero-order valence-electron chi connectivity index (χ0n) is 12.4. The summed E-state index contributed by atoms with van der Waals surface area (Å²) in [4.78, 5) is 0. The molecule has 3 rings (SSSR count). The van der Waals surface area contributed by atoms with Crippen LogP contribution >= 0.6 is 0 Å². The maximum absolute atomic E-state index is 12.1. The maximum Gasteiger partial charge on any atom is 0.288 e. The number of hydrogen-bond acceptors (Lipinski definition) is 5. The first kappa shape index (κ1) is 14.9. The number of benzene rings is 2. The Labute approximate surface area is 130 Å². The van der Waals surface area contributed by atoms with Gasteiger partial charge in [0.05, 0.1) is 5.75 Å². The van der Waals surface area contributed by atoms with Gasteiger partial charge in [0.15, 0.2) is 11.5 Å². The minimum Gasteiger partial charge on any atom is -0.453 e. The molecule has 2 aromatic carbocycles. The molecule has 0 bridgehead atoms. The van der Waals surface area contributed by atoms with Crippen LogP contribution in [-0.4, -0.2) is 14.2 Å². The Bertz CT molecular complexity index is 802. The topological polar surface area (TPSA) is 55.8 Å². The zero-order valence-corrected chi connectivity index (χ0v) is 13.3.